The van der Waals surface area contributed by atoms with Crippen LogP contribution in [0.2, 0.25) is 16.6 Å². The van der Waals surface area contributed by atoms with Gasteiger partial charge in [0.2, 0.25) is 0 Å². The van der Waals surface area contributed by atoms with Crippen LogP contribution in [0.5, 0.6) is 11.5 Å². The molecule has 5 heteroatoms. The number of ether oxygens (including phenoxy) is 2. The molecule has 0 aliphatic heterocycles. The maximum absolute atomic E-state index is 5.88. The Bertz CT molecular complexity index is 617. The van der Waals surface area contributed by atoms with Gasteiger partial charge in [-0.15, -0.1) is 0 Å². The van der Waals surface area contributed by atoms with E-state index >= 15 is 0 Å². The number of pyridine rings is 1. The summed E-state index contributed by atoms with van der Waals surface area (Å²) in [6.07, 6.45) is 0. The number of aromatic nitrogens is 1. The van der Waals surface area contributed by atoms with Crippen LogP contribution in [0.25, 0.3) is 11.3 Å². The van der Waals surface area contributed by atoms with Gasteiger partial charge in [0.25, 0.3) is 0 Å². The zero-order valence-corrected chi connectivity index (χ0v) is 15.3. The summed E-state index contributed by atoms with van der Waals surface area (Å²) in [7, 11) is 0. The second-order valence-corrected chi connectivity index (χ2v) is 10.7. The first-order valence-electron chi connectivity index (χ1n) is 7.37. The molecule has 0 fully saturated rings. The zero-order chi connectivity index (χ0) is 15.9. The molecule has 0 radical (unpaired) electrons. The summed E-state index contributed by atoms with van der Waals surface area (Å²) in [6.45, 7) is 3.32. The van der Waals surface area contributed by atoms with Gasteiger partial charge in [0, 0.05) is 0 Å². The van der Waals surface area contributed by atoms with E-state index in [0.29, 0.717) is 12.4 Å². The van der Waals surface area contributed by atoms with Crippen LogP contribution in [0.1, 0.15) is 6.92 Å². The van der Waals surface area contributed by atoms with Crippen LogP contribution in [0, 0.1) is 0 Å². The maximum atomic E-state index is 5.88. The van der Waals surface area contributed by atoms with Crippen molar-refractivity contribution in [3.63, 3.8) is 0 Å². The minimum absolute atomic E-state index is 0.512. The molecule has 0 aliphatic carbocycles. The number of nitrogens with zero attached hydrogens (tertiary/aromatic N) is 1. The summed E-state index contributed by atoms with van der Waals surface area (Å²) < 4.78 is 11.6. The summed E-state index contributed by atoms with van der Waals surface area (Å²) in [6, 6.07) is 11.5. The molecule has 22 heavy (non-hydrogen) atoms. The van der Waals surface area contributed by atoms with Gasteiger partial charge in [0.1, 0.15) is 0 Å². The van der Waals surface area contributed by atoms with Crippen molar-refractivity contribution < 1.29 is 9.47 Å². The molecular formula is C17H23AsN2O2. The van der Waals surface area contributed by atoms with Crippen molar-refractivity contribution >= 4 is 20.5 Å². The molecule has 0 saturated heterocycles. The van der Waals surface area contributed by atoms with Crippen molar-refractivity contribution in [1.29, 1.82) is 0 Å². The number of rotatable bonds is 7. The Kier molecular flexibility index (Phi) is 6.14. The molecule has 1 aromatic carbocycles. The normalized spacial score (nSPS) is 10.7. The Balaban J connectivity index is 2.22. The number of hydrogen-bond acceptors (Lipinski definition) is 4. The van der Waals surface area contributed by atoms with Gasteiger partial charge in [0.15, 0.2) is 0 Å². The third kappa shape index (κ3) is 4.67. The van der Waals surface area contributed by atoms with E-state index in [2.05, 4.69) is 16.4 Å². The Morgan fingerprint density at radius 1 is 1.09 bits per heavy atom. The Morgan fingerprint density at radius 3 is 2.59 bits per heavy atom. The van der Waals surface area contributed by atoms with Crippen LogP contribution in [0.15, 0.2) is 36.4 Å². The number of anilines is 1. The van der Waals surface area contributed by atoms with Gasteiger partial charge in [-0.2, -0.15) is 0 Å². The molecule has 1 aromatic heterocycles. The fourth-order valence-electron chi connectivity index (χ4n) is 2.01. The van der Waals surface area contributed by atoms with Gasteiger partial charge < -0.3 is 0 Å². The SMILES string of the molecule is CCOc1cc(-c2cccc(N)n2)ccc1OCC[As](C)C. The molecule has 0 bridgehead atoms. The Hall–Kier alpha value is -1.67. The molecule has 118 valence electrons. The molecular weight excluding hydrogens is 339 g/mol. The summed E-state index contributed by atoms with van der Waals surface area (Å²) in [4.78, 5) is 4.35. The van der Waals surface area contributed by atoms with E-state index in [0.717, 1.165) is 34.6 Å². The van der Waals surface area contributed by atoms with Crippen LogP contribution >= 0.6 is 0 Å². The van der Waals surface area contributed by atoms with Crippen molar-refractivity contribution in [1.82, 2.24) is 4.98 Å². The third-order valence-corrected chi connectivity index (χ3v) is 5.37. The molecule has 2 N–H and O–H groups in total. The van der Waals surface area contributed by atoms with E-state index in [1.54, 1.807) is 6.07 Å². The van der Waals surface area contributed by atoms with E-state index in [1.807, 2.05) is 37.3 Å². The first kappa shape index (κ1) is 16.7. The van der Waals surface area contributed by atoms with E-state index in [4.69, 9.17) is 15.2 Å². The van der Waals surface area contributed by atoms with Gasteiger partial charge >= 0.3 is 137 Å². The topological polar surface area (TPSA) is 57.4 Å². The summed E-state index contributed by atoms with van der Waals surface area (Å²) in [5, 5.41) is 1.16. The van der Waals surface area contributed by atoms with E-state index < -0.39 is 14.7 Å². The molecule has 1 heterocycles. The quantitative estimate of drug-likeness (QED) is 0.760. The molecule has 0 spiro atoms. The van der Waals surface area contributed by atoms with Crippen LogP contribution in [0.4, 0.5) is 5.82 Å². The standard InChI is InChI=1S/C17H23AsN2O2/c1-4-21-16-12-13(14-6-5-7-17(19)20-14)8-9-15(16)22-11-10-18(2)3/h5-9,12H,4,10-11H2,1-3H3,(H2,19,20). The first-order chi connectivity index (χ1) is 10.6. The predicted octanol–water partition coefficient (Wildman–Crippen LogP) is 3.86. The third-order valence-electron chi connectivity index (χ3n) is 3.11. The van der Waals surface area contributed by atoms with Gasteiger partial charge in [-0.3, -0.25) is 0 Å². The van der Waals surface area contributed by atoms with Crippen molar-refractivity contribution in [2.24, 2.45) is 0 Å². The molecule has 0 unspecified atom stereocenters. The van der Waals surface area contributed by atoms with Gasteiger partial charge in [-0.25, -0.2) is 0 Å². The average Bonchev–Trinajstić information content (AvgIpc) is 2.48. The molecule has 4 nitrogen and oxygen atoms in total. The van der Waals surface area contributed by atoms with Gasteiger partial charge in [-0.05, 0) is 0 Å². The molecule has 0 atom stereocenters. The van der Waals surface area contributed by atoms with Crippen LogP contribution < -0.4 is 15.2 Å². The minimum atomic E-state index is -0.659. The molecule has 2 rings (SSSR count). The second kappa shape index (κ2) is 8.09. The number of hydrogen-bond donors (Lipinski definition) is 1. The average molecular weight is 362 g/mol. The molecule has 0 saturated carbocycles. The number of benzene rings is 1. The van der Waals surface area contributed by atoms with Crippen LogP contribution in [-0.4, -0.2) is 32.8 Å². The van der Waals surface area contributed by atoms with Crippen LogP contribution in [-0.2, 0) is 0 Å². The van der Waals surface area contributed by atoms with Crippen molar-refractivity contribution in [2.45, 2.75) is 23.6 Å². The summed E-state index contributed by atoms with van der Waals surface area (Å²) in [5.41, 5.74) is 12.2. The Morgan fingerprint density at radius 2 is 1.91 bits per heavy atom. The fourth-order valence-corrected chi connectivity index (χ4v) is 2.96. The number of nitrogen functional groups attached to an aromatic ring is 1. The van der Waals surface area contributed by atoms with Crippen LogP contribution in [0.3, 0.4) is 0 Å². The predicted molar refractivity (Wildman–Crippen MR) is 93.0 cm³/mol. The Labute approximate surface area is 136 Å². The fraction of sp³-hybridized carbons (Fsp3) is 0.353. The molecule has 2 aromatic rings. The summed E-state index contributed by atoms with van der Waals surface area (Å²) >= 11 is -0.659. The summed E-state index contributed by atoms with van der Waals surface area (Å²) in [5.74, 6) is 2.07. The van der Waals surface area contributed by atoms with Gasteiger partial charge in [-0.1, -0.05) is 0 Å². The molecule has 0 aliphatic rings. The van der Waals surface area contributed by atoms with E-state index in [1.165, 1.54) is 0 Å². The second-order valence-electron chi connectivity index (χ2n) is 5.19. The van der Waals surface area contributed by atoms with E-state index in [9.17, 15) is 0 Å². The molecule has 0 amide bonds. The monoisotopic (exact) mass is 362 g/mol. The van der Waals surface area contributed by atoms with Crippen molar-refractivity contribution in [3.8, 4) is 22.8 Å². The van der Waals surface area contributed by atoms with E-state index in [-0.39, 0.29) is 0 Å². The van der Waals surface area contributed by atoms with Crippen molar-refractivity contribution in [2.75, 3.05) is 18.9 Å². The number of nitrogens with two attached hydrogens (primary N) is 1. The first-order valence-corrected chi connectivity index (χ1v) is 12.5. The zero-order valence-electron chi connectivity index (χ0n) is 13.4. The van der Waals surface area contributed by atoms with Gasteiger partial charge in [0.05, 0.1) is 0 Å². The van der Waals surface area contributed by atoms with Crippen molar-refractivity contribution in [3.05, 3.63) is 36.4 Å².